The summed E-state index contributed by atoms with van der Waals surface area (Å²) < 4.78 is 14.7. The molecule has 0 aromatic rings. The van der Waals surface area contributed by atoms with Crippen LogP contribution in [0.25, 0.3) is 0 Å². The largest absolute Gasteiger partial charge is 0.465 e. The summed E-state index contributed by atoms with van der Waals surface area (Å²) in [6.07, 6.45) is 0.318. The lowest BCUT2D eigenvalue weighted by Crippen LogP contribution is -2.58. The van der Waals surface area contributed by atoms with Crippen LogP contribution in [0.2, 0.25) is 0 Å². The van der Waals surface area contributed by atoms with Gasteiger partial charge in [-0.3, -0.25) is 9.59 Å². The minimum atomic E-state index is -1.42. The molecule has 1 fully saturated rings. The molecule has 1 rings (SSSR count). The maximum atomic E-state index is 11.8. The van der Waals surface area contributed by atoms with Crippen molar-refractivity contribution in [2.45, 2.75) is 38.4 Å². The highest BCUT2D eigenvalue weighted by Gasteiger charge is 2.56. The molecule has 0 saturated heterocycles. The fourth-order valence-corrected chi connectivity index (χ4v) is 2.12. The van der Waals surface area contributed by atoms with Crippen LogP contribution < -0.4 is 0 Å². The number of carbonyl (C=O) groups excluding carboxylic acids is 2. The SMILES string of the molecule is CCOC(=O)C(C(=O)OCC)C1(O)CC(OC)C1. The van der Waals surface area contributed by atoms with Crippen molar-refractivity contribution in [3.63, 3.8) is 0 Å². The van der Waals surface area contributed by atoms with Crippen molar-refractivity contribution in [2.24, 2.45) is 5.92 Å². The summed E-state index contributed by atoms with van der Waals surface area (Å²) in [7, 11) is 1.52. The first-order valence-electron chi connectivity index (χ1n) is 6.07. The second-order valence-corrected chi connectivity index (χ2v) is 4.31. The van der Waals surface area contributed by atoms with E-state index in [1.807, 2.05) is 0 Å². The lowest BCUT2D eigenvalue weighted by Gasteiger charge is -2.45. The molecule has 0 spiro atoms. The minimum Gasteiger partial charge on any atom is -0.465 e. The van der Waals surface area contributed by atoms with Crippen molar-refractivity contribution in [1.82, 2.24) is 0 Å². The van der Waals surface area contributed by atoms with Gasteiger partial charge in [-0.2, -0.15) is 0 Å². The third-order valence-corrected chi connectivity index (χ3v) is 3.08. The van der Waals surface area contributed by atoms with E-state index in [4.69, 9.17) is 14.2 Å². The Morgan fingerprint density at radius 2 is 1.67 bits per heavy atom. The zero-order valence-electron chi connectivity index (χ0n) is 11.0. The van der Waals surface area contributed by atoms with E-state index in [9.17, 15) is 14.7 Å². The van der Waals surface area contributed by atoms with Gasteiger partial charge in [0.25, 0.3) is 0 Å². The summed E-state index contributed by atoms with van der Waals surface area (Å²) in [4.78, 5) is 23.5. The van der Waals surface area contributed by atoms with Gasteiger partial charge < -0.3 is 19.3 Å². The van der Waals surface area contributed by atoms with Gasteiger partial charge in [-0.05, 0) is 13.8 Å². The van der Waals surface area contributed by atoms with Crippen LogP contribution >= 0.6 is 0 Å². The number of esters is 2. The summed E-state index contributed by atoms with van der Waals surface area (Å²) in [6, 6.07) is 0. The molecule has 1 saturated carbocycles. The highest BCUT2D eigenvalue weighted by atomic mass is 16.6. The van der Waals surface area contributed by atoms with Gasteiger partial charge in [0.2, 0.25) is 0 Å². The molecule has 0 heterocycles. The van der Waals surface area contributed by atoms with E-state index in [1.165, 1.54) is 7.11 Å². The van der Waals surface area contributed by atoms with Gasteiger partial charge in [0.15, 0.2) is 5.92 Å². The second-order valence-electron chi connectivity index (χ2n) is 4.31. The summed E-state index contributed by atoms with van der Waals surface area (Å²) in [5.41, 5.74) is -1.42. The predicted molar refractivity (Wildman–Crippen MR) is 61.7 cm³/mol. The third kappa shape index (κ3) is 3.00. The summed E-state index contributed by atoms with van der Waals surface area (Å²) >= 11 is 0. The average Bonchev–Trinajstić information content (AvgIpc) is 2.26. The van der Waals surface area contributed by atoms with Crippen molar-refractivity contribution in [3.8, 4) is 0 Å². The monoisotopic (exact) mass is 260 g/mol. The van der Waals surface area contributed by atoms with Crippen LogP contribution in [0.1, 0.15) is 26.7 Å². The van der Waals surface area contributed by atoms with Gasteiger partial charge in [-0.15, -0.1) is 0 Å². The molecule has 0 aliphatic heterocycles. The molecule has 0 radical (unpaired) electrons. The smallest absolute Gasteiger partial charge is 0.323 e. The van der Waals surface area contributed by atoms with Crippen molar-refractivity contribution >= 4 is 11.9 Å². The van der Waals surface area contributed by atoms with E-state index in [2.05, 4.69) is 0 Å². The van der Waals surface area contributed by atoms with Gasteiger partial charge in [0.05, 0.1) is 24.9 Å². The number of carbonyl (C=O) groups is 2. The Labute approximate surface area is 106 Å². The van der Waals surface area contributed by atoms with E-state index < -0.39 is 23.5 Å². The molecule has 0 bridgehead atoms. The summed E-state index contributed by atoms with van der Waals surface area (Å²) in [5.74, 6) is -2.77. The third-order valence-electron chi connectivity index (χ3n) is 3.08. The number of ether oxygens (including phenoxy) is 3. The number of rotatable bonds is 6. The predicted octanol–water partition coefficient (Wildman–Crippen LogP) is 0.269. The minimum absolute atomic E-state index is 0.138. The van der Waals surface area contributed by atoms with Crippen LogP contribution in [0.15, 0.2) is 0 Å². The van der Waals surface area contributed by atoms with Crippen molar-refractivity contribution in [3.05, 3.63) is 0 Å². The average molecular weight is 260 g/mol. The van der Waals surface area contributed by atoms with Crippen LogP contribution in [-0.2, 0) is 23.8 Å². The topological polar surface area (TPSA) is 82.1 Å². The van der Waals surface area contributed by atoms with E-state index in [0.29, 0.717) is 0 Å². The fraction of sp³-hybridized carbons (Fsp3) is 0.833. The van der Waals surface area contributed by atoms with Gasteiger partial charge in [0, 0.05) is 20.0 Å². The highest BCUT2D eigenvalue weighted by Crippen LogP contribution is 2.41. The van der Waals surface area contributed by atoms with Gasteiger partial charge in [0.1, 0.15) is 0 Å². The molecule has 1 aliphatic carbocycles. The molecular formula is C12H20O6. The quantitative estimate of drug-likeness (QED) is 0.545. The Hall–Kier alpha value is -1.14. The number of hydrogen-bond donors (Lipinski definition) is 1. The molecule has 0 unspecified atom stereocenters. The first kappa shape index (κ1) is 14.9. The maximum Gasteiger partial charge on any atom is 0.323 e. The molecule has 6 heteroatoms. The lowest BCUT2D eigenvalue weighted by molar-refractivity contribution is -0.197. The van der Waals surface area contributed by atoms with E-state index in [-0.39, 0.29) is 32.2 Å². The Morgan fingerprint density at radius 3 is 2.00 bits per heavy atom. The standard InChI is InChI=1S/C12H20O6/c1-4-17-10(13)9(11(14)18-5-2)12(15)6-8(7-12)16-3/h8-9,15H,4-7H2,1-3H3. The first-order valence-corrected chi connectivity index (χ1v) is 6.07. The highest BCUT2D eigenvalue weighted by molar-refractivity contribution is 5.96. The molecule has 0 aromatic carbocycles. The molecule has 18 heavy (non-hydrogen) atoms. The molecule has 1 N–H and O–H groups in total. The Morgan fingerprint density at radius 1 is 1.22 bits per heavy atom. The number of aliphatic hydroxyl groups is 1. The van der Waals surface area contributed by atoms with Crippen LogP contribution in [0.5, 0.6) is 0 Å². The summed E-state index contributed by atoms with van der Waals surface area (Å²) in [6.45, 7) is 3.59. The first-order chi connectivity index (χ1) is 8.48. The second kappa shape index (κ2) is 6.15. The maximum absolute atomic E-state index is 11.8. The van der Waals surface area contributed by atoms with Crippen LogP contribution in [0.4, 0.5) is 0 Å². The Balaban J connectivity index is 2.78. The van der Waals surface area contributed by atoms with Gasteiger partial charge in [-0.1, -0.05) is 0 Å². The molecule has 0 atom stereocenters. The van der Waals surface area contributed by atoms with Crippen molar-refractivity contribution in [2.75, 3.05) is 20.3 Å². The van der Waals surface area contributed by atoms with Crippen LogP contribution in [0, 0.1) is 5.92 Å². The molecule has 0 aromatic heterocycles. The number of hydrogen-bond acceptors (Lipinski definition) is 6. The normalized spacial score (nSPS) is 26.6. The van der Waals surface area contributed by atoms with Crippen LogP contribution in [-0.4, -0.2) is 49.1 Å². The van der Waals surface area contributed by atoms with Gasteiger partial charge >= 0.3 is 11.9 Å². The fourth-order valence-electron chi connectivity index (χ4n) is 2.12. The number of methoxy groups -OCH3 is 1. The molecule has 1 aliphatic rings. The zero-order valence-corrected chi connectivity index (χ0v) is 11.0. The van der Waals surface area contributed by atoms with Crippen molar-refractivity contribution in [1.29, 1.82) is 0 Å². The zero-order chi connectivity index (χ0) is 13.8. The summed E-state index contributed by atoms with van der Waals surface area (Å²) in [5, 5.41) is 10.3. The molecule has 104 valence electrons. The van der Waals surface area contributed by atoms with Crippen LogP contribution in [0.3, 0.4) is 0 Å². The van der Waals surface area contributed by atoms with E-state index in [1.54, 1.807) is 13.8 Å². The Bertz CT molecular complexity index is 290. The molecule has 6 nitrogen and oxygen atoms in total. The van der Waals surface area contributed by atoms with E-state index >= 15 is 0 Å². The lowest BCUT2D eigenvalue weighted by atomic mass is 9.69. The van der Waals surface area contributed by atoms with Crippen molar-refractivity contribution < 1.29 is 28.9 Å². The Kier molecular flexibility index (Phi) is 5.10. The molecular weight excluding hydrogens is 240 g/mol. The van der Waals surface area contributed by atoms with E-state index in [0.717, 1.165) is 0 Å². The molecule has 0 amide bonds. The van der Waals surface area contributed by atoms with Gasteiger partial charge in [-0.25, -0.2) is 0 Å².